The summed E-state index contributed by atoms with van der Waals surface area (Å²) in [6, 6.07) is 56.0. The molecule has 0 N–H and O–H groups in total. The first-order valence-corrected chi connectivity index (χ1v) is 20.4. The third-order valence-electron chi connectivity index (χ3n) is 11.8. The van der Waals surface area contributed by atoms with E-state index in [9.17, 15) is 0 Å². The van der Waals surface area contributed by atoms with E-state index >= 15 is 0 Å². The Hall–Kier alpha value is -7.34. The summed E-state index contributed by atoms with van der Waals surface area (Å²) in [5.74, 6) is 0.678. The lowest BCUT2D eigenvalue weighted by Crippen LogP contribution is -2.35. The zero-order chi connectivity index (χ0) is 38.5. The first-order valence-electron chi connectivity index (χ1n) is 19.6. The monoisotopic (exact) mass is 759 g/mol. The molecule has 12 rings (SSSR count). The molecule has 0 atom stereocenters. The number of thiophene rings is 1. The predicted molar refractivity (Wildman–Crippen MR) is 245 cm³/mol. The molecule has 1 aliphatic rings. The number of hydrogen-bond donors (Lipinski definition) is 0. The van der Waals surface area contributed by atoms with Crippen molar-refractivity contribution in [2.75, 3.05) is 4.90 Å². The Bertz CT molecular complexity index is 3690. The van der Waals surface area contributed by atoms with Gasteiger partial charge in [0.15, 0.2) is 5.82 Å². The lowest BCUT2D eigenvalue weighted by molar-refractivity contribution is 0.670. The van der Waals surface area contributed by atoms with Gasteiger partial charge >= 0.3 is 0 Å². The molecule has 58 heavy (non-hydrogen) atoms. The van der Waals surface area contributed by atoms with Crippen molar-refractivity contribution in [2.24, 2.45) is 0 Å². The van der Waals surface area contributed by atoms with Gasteiger partial charge in [-0.1, -0.05) is 134 Å². The maximum atomic E-state index is 6.60. The summed E-state index contributed by atoms with van der Waals surface area (Å²) in [4.78, 5) is 13.4. The molecule has 0 radical (unpaired) electrons. The van der Waals surface area contributed by atoms with E-state index in [0.717, 1.165) is 87.8 Å². The molecular weight excluding hydrogens is 727 g/mol. The van der Waals surface area contributed by atoms with Gasteiger partial charge in [0.25, 0.3) is 0 Å². The summed E-state index contributed by atoms with van der Waals surface area (Å²) in [5, 5.41) is 10.2. The third-order valence-corrected chi connectivity index (χ3v) is 12.9. The second kappa shape index (κ2) is 12.6. The van der Waals surface area contributed by atoms with Crippen LogP contribution >= 0.6 is 11.3 Å². The molecule has 0 saturated heterocycles. The van der Waals surface area contributed by atoms with Gasteiger partial charge in [0, 0.05) is 48.2 Å². The van der Waals surface area contributed by atoms with Gasteiger partial charge in [-0.3, -0.25) is 0 Å². The van der Waals surface area contributed by atoms with Gasteiger partial charge in [0.05, 0.1) is 33.0 Å². The molecule has 0 unspecified atom stereocenters. The van der Waals surface area contributed by atoms with Crippen LogP contribution in [0.2, 0.25) is 0 Å². The van der Waals surface area contributed by atoms with Crippen molar-refractivity contribution < 1.29 is 4.42 Å². The van der Waals surface area contributed by atoms with Crippen molar-refractivity contribution in [3.05, 3.63) is 186 Å². The zero-order valence-corrected chi connectivity index (χ0v) is 32.3. The maximum Gasteiger partial charge on any atom is 0.161 e. The van der Waals surface area contributed by atoms with Crippen molar-refractivity contribution in [1.29, 1.82) is 0 Å². The summed E-state index contributed by atoms with van der Waals surface area (Å²) in [6.07, 6.45) is 4.23. The van der Waals surface area contributed by atoms with Gasteiger partial charge < -0.3 is 9.32 Å². The van der Waals surface area contributed by atoms with Crippen LogP contribution in [-0.2, 0) is 0 Å². The van der Waals surface area contributed by atoms with E-state index in [1.54, 1.807) is 11.3 Å². The van der Waals surface area contributed by atoms with Crippen LogP contribution in [0.5, 0.6) is 0 Å². The van der Waals surface area contributed by atoms with Gasteiger partial charge in [-0.15, -0.1) is 11.3 Å². The number of nitrogens with zero attached hydrogens (tertiary/aromatic N) is 3. The summed E-state index contributed by atoms with van der Waals surface area (Å²) < 4.78 is 8.83. The van der Waals surface area contributed by atoms with Crippen LogP contribution in [0.25, 0.3) is 98.1 Å². The highest BCUT2D eigenvalue weighted by molar-refractivity contribution is 7.26. The molecule has 0 aliphatic carbocycles. The minimum Gasteiger partial charge on any atom is -0.455 e. The molecule has 0 amide bonds. The van der Waals surface area contributed by atoms with Crippen LogP contribution in [0.4, 0.5) is 17.1 Å². The smallest absolute Gasteiger partial charge is 0.161 e. The number of fused-ring (bicyclic) bond motifs is 11. The molecule has 0 saturated carbocycles. The van der Waals surface area contributed by atoms with Gasteiger partial charge in [-0.2, -0.15) is 0 Å². The van der Waals surface area contributed by atoms with E-state index in [4.69, 9.17) is 14.4 Å². The number of aromatic nitrogens is 2. The standard InChI is InChI=1S/C53H33N3OS/c1-3-31-16-13-24-43-47(31)33(4-2)48-34-17-6-5-15-32(34)27-29-44(48)56(43)42-30-28-39(35-18-7-8-19-36(35)42)53-54-49-40-21-10-12-26-46(40)58-52(49)50(55-53)41-23-14-22-38-37-20-9-11-25-45(37)57-51(38)41/h3-30H,2H2,1H3/b31-3-. The van der Waals surface area contributed by atoms with Crippen molar-refractivity contribution in [1.82, 2.24) is 9.97 Å². The lowest BCUT2D eigenvalue weighted by Gasteiger charge is -2.34. The van der Waals surface area contributed by atoms with E-state index in [1.807, 2.05) is 18.2 Å². The molecule has 3 aromatic heterocycles. The molecule has 11 aromatic rings. The number of benzene rings is 8. The van der Waals surface area contributed by atoms with Crippen LogP contribution < -0.4 is 15.3 Å². The maximum absolute atomic E-state index is 6.60. The first-order chi connectivity index (χ1) is 28.7. The Morgan fingerprint density at radius 1 is 0.586 bits per heavy atom. The molecule has 4 heterocycles. The van der Waals surface area contributed by atoms with Crippen molar-refractivity contribution in [2.45, 2.75) is 6.92 Å². The molecule has 5 heteroatoms. The fourth-order valence-electron chi connectivity index (χ4n) is 9.23. The summed E-state index contributed by atoms with van der Waals surface area (Å²) in [7, 11) is 0. The largest absolute Gasteiger partial charge is 0.455 e. The van der Waals surface area contributed by atoms with Crippen LogP contribution in [0.1, 0.15) is 12.5 Å². The molecule has 0 fully saturated rings. The highest BCUT2D eigenvalue weighted by Gasteiger charge is 2.28. The quantitative estimate of drug-likeness (QED) is 0.179. The van der Waals surface area contributed by atoms with Crippen molar-refractivity contribution in [3.63, 3.8) is 0 Å². The van der Waals surface area contributed by atoms with E-state index in [2.05, 4.69) is 170 Å². The lowest BCUT2D eigenvalue weighted by atomic mass is 9.89. The normalized spacial score (nSPS) is 13.0. The van der Waals surface area contributed by atoms with Gasteiger partial charge in [-0.05, 0) is 76.3 Å². The Morgan fingerprint density at radius 2 is 1.31 bits per heavy atom. The molecule has 0 spiro atoms. The molecule has 4 nitrogen and oxygen atoms in total. The third kappa shape index (κ3) is 4.62. The highest BCUT2D eigenvalue weighted by atomic mass is 32.1. The molecular formula is C53H33N3OS. The predicted octanol–water partition coefficient (Wildman–Crippen LogP) is 13.4. The second-order valence-electron chi connectivity index (χ2n) is 14.8. The number of rotatable bonds is 4. The minimum atomic E-state index is 0.678. The average Bonchev–Trinajstić information content (AvgIpc) is 3.86. The fourth-order valence-corrected chi connectivity index (χ4v) is 10.4. The summed E-state index contributed by atoms with van der Waals surface area (Å²) in [6.45, 7) is 6.47. The van der Waals surface area contributed by atoms with Crippen LogP contribution in [-0.4, -0.2) is 9.97 Å². The number of anilines is 3. The fraction of sp³-hybridized carbons (Fsp3) is 0.0189. The average molecular weight is 760 g/mol. The zero-order valence-electron chi connectivity index (χ0n) is 31.5. The van der Waals surface area contributed by atoms with E-state index in [0.29, 0.717) is 5.82 Å². The molecule has 272 valence electrons. The SMILES string of the molecule is C=CC1=c2c(ccc/c2=C/C)N(c2ccc(-c3nc(-c4cccc5c4oc4ccccc45)c4sc5ccccc5c4n3)c3ccccc23)c2ccc3ccccc3c21. The minimum absolute atomic E-state index is 0.678. The topological polar surface area (TPSA) is 42.2 Å². The first kappa shape index (κ1) is 32.9. The Morgan fingerprint density at radius 3 is 2.17 bits per heavy atom. The van der Waals surface area contributed by atoms with E-state index in [-0.39, 0.29) is 0 Å². The number of para-hydroxylation sites is 2. The Balaban J connectivity index is 1.14. The Labute approximate surface area is 337 Å². The number of allylic oxidation sites excluding steroid dienone is 1. The second-order valence-corrected chi connectivity index (χ2v) is 15.8. The van der Waals surface area contributed by atoms with Gasteiger partial charge in [0.1, 0.15) is 11.2 Å². The van der Waals surface area contributed by atoms with Crippen LogP contribution in [0.3, 0.4) is 0 Å². The Kier molecular flexibility index (Phi) is 7.13. The summed E-state index contributed by atoms with van der Waals surface area (Å²) >= 11 is 1.74. The van der Waals surface area contributed by atoms with E-state index < -0.39 is 0 Å². The van der Waals surface area contributed by atoms with E-state index in [1.165, 1.54) is 31.5 Å². The van der Waals surface area contributed by atoms with Crippen LogP contribution in [0.15, 0.2) is 175 Å². The molecule has 1 aliphatic heterocycles. The number of furan rings is 1. The molecule has 0 bridgehead atoms. The van der Waals surface area contributed by atoms with Gasteiger partial charge in [0.2, 0.25) is 0 Å². The van der Waals surface area contributed by atoms with Crippen LogP contribution in [0, 0.1) is 0 Å². The highest BCUT2D eigenvalue weighted by Crippen LogP contribution is 2.48. The van der Waals surface area contributed by atoms with Gasteiger partial charge in [-0.25, -0.2) is 9.97 Å². The van der Waals surface area contributed by atoms with Crippen molar-refractivity contribution in [3.8, 4) is 22.6 Å². The molecule has 8 aromatic carbocycles. The van der Waals surface area contributed by atoms with Crippen molar-refractivity contribution >= 4 is 104 Å². The summed E-state index contributed by atoms with van der Waals surface area (Å²) in [5.41, 5.74) is 11.1. The number of hydrogen-bond acceptors (Lipinski definition) is 5.